The number of fused-ring (bicyclic) bond motifs is 1. The lowest BCUT2D eigenvalue weighted by Crippen LogP contribution is -2.27. The van der Waals surface area contributed by atoms with Gasteiger partial charge in [-0.2, -0.15) is 0 Å². The molecule has 1 aromatic rings. The summed E-state index contributed by atoms with van der Waals surface area (Å²) < 4.78 is 0. The van der Waals surface area contributed by atoms with Crippen LogP contribution in [0.5, 0.6) is 0 Å². The van der Waals surface area contributed by atoms with Crippen molar-refractivity contribution in [2.45, 2.75) is 65.7 Å². The first-order valence-electron chi connectivity index (χ1n) is 9.35. The summed E-state index contributed by atoms with van der Waals surface area (Å²) in [5.41, 5.74) is 2.35. The molecule has 0 aromatic carbocycles. The van der Waals surface area contributed by atoms with Gasteiger partial charge in [-0.15, -0.1) is 11.3 Å². The highest BCUT2D eigenvalue weighted by Crippen LogP contribution is 2.36. The van der Waals surface area contributed by atoms with Gasteiger partial charge in [-0.05, 0) is 76.2 Å². The average Bonchev–Trinajstić information content (AvgIpc) is 3.42. The van der Waals surface area contributed by atoms with E-state index in [-0.39, 0.29) is 8.76 Å². The van der Waals surface area contributed by atoms with Gasteiger partial charge in [0.15, 0.2) is 0 Å². The molecule has 4 rings (SSSR count). The summed E-state index contributed by atoms with van der Waals surface area (Å²) >= 11 is 1.84. The molecule has 0 radical (unpaired) electrons. The Morgan fingerprint density at radius 2 is 1.92 bits per heavy atom. The lowest BCUT2D eigenvalue weighted by molar-refractivity contribution is -0.118. The summed E-state index contributed by atoms with van der Waals surface area (Å²) in [5.74, 6) is 2.48. The van der Waals surface area contributed by atoms with Gasteiger partial charge in [0.25, 0.3) is 5.91 Å². The summed E-state index contributed by atoms with van der Waals surface area (Å²) in [6, 6.07) is 0. The fourth-order valence-corrected chi connectivity index (χ4v) is 4.55. The quantitative estimate of drug-likeness (QED) is 0.847. The number of carbonyl (C=O) groups is 2. The van der Waals surface area contributed by atoms with Crippen molar-refractivity contribution in [2.75, 3.05) is 6.54 Å². The molecular weight excluding hydrogens is 318 g/mol. The van der Waals surface area contributed by atoms with Gasteiger partial charge in [0.2, 0.25) is 0 Å². The molecule has 1 heterocycles. The van der Waals surface area contributed by atoms with Crippen LogP contribution in [-0.4, -0.2) is 18.2 Å². The van der Waals surface area contributed by atoms with Crippen molar-refractivity contribution in [3.63, 3.8) is 0 Å². The molecule has 3 aliphatic rings. The number of hydrogen-bond acceptors (Lipinski definition) is 3. The molecule has 0 spiro atoms. The summed E-state index contributed by atoms with van der Waals surface area (Å²) in [5, 5.41) is 3.12. The highest BCUT2D eigenvalue weighted by molar-refractivity contribution is 7.12. The number of hydrogen-bond donors (Lipinski definition) is 1. The summed E-state index contributed by atoms with van der Waals surface area (Å²) in [7, 11) is 0. The van der Waals surface area contributed by atoms with Gasteiger partial charge in [-0.1, -0.05) is 6.92 Å². The number of aryl methyl sites for hydroxylation is 2. The first-order chi connectivity index (χ1) is 11.5. The third-order valence-electron chi connectivity index (χ3n) is 5.31. The van der Waals surface area contributed by atoms with Crippen molar-refractivity contribution in [1.82, 2.24) is 5.32 Å². The van der Waals surface area contributed by atoms with E-state index >= 15 is 0 Å². The minimum absolute atomic E-state index is 0. The van der Waals surface area contributed by atoms with Gasteiger partial charge in [0.1, 0.15) is 5.78 Å². The van der Waals surface area contributed by atoms with Gasteiger partial charge in [-0.3, -0.25) is 9.59 Å². The molecule has 0 bridgehead atoms. The second kappa shape index (κ2) is 7.38. The molecule has 1 N–H and O–H groups in total. The summed E-state index contributed by atoms with van der Waals surface area (Å²) in [6.07, 6.45) is 8.40. The van der Waals surface area contributed by atoms with Gasteiger partial charge < -0.3 is 5.32 Å². The van der Waals surface area contributed by atoms with E-state index in [1.807, 2.05) is 11.3 Å². The van der Waals surface area contributed by atoms with Crippen LogP contribution in [0.25, 0.3) is 0 Å². The van der Waals surface area contributed by atoms with E-state index in [0.717, 1.165) is 49.6 Å². The summed E-state index contributed by atoms with van der Waals surface area (Å²) in [4.78, 5) is 25.2. The Hall–Kier alpha value is -1.16. The van der Waals surface area contributed by atoms with Crippen LogP contribution in [0.3, 0.4) is 0 Å². The number of Topliss-reactive ketones (excluding diaryl/α,β-unsaturated/α-hetero) is 1. The number of amides is 1. The van der Waals surface area contributed by atoms with E-state index in [1.165, 1.54) is 34.6 Å². The van der Waals surface area contributed by atoms with Crippen molar-refractivity contribution < 1.29 is 12.4 Å². The van der Waals surface area contributed by atoms with Crippen LogP contribution in [-0.2, 0) is 17.6 Å². The molecule has 24 heavy (non-hydrogen) atoms. The lowest BCUT2D eigenvalue weighted by Gasteiger charge is -2.19. The Morgan fingerprint density at radius 1 is 1.21 bits per heavy atom. The topological polar surface area (TPSA) is 46.2 Å². The van der Waals surface area contributed by atoms with Crippen LogP contribution in [0.4, 0.5) is 0 Å². The second-order valence-corrected chi connectivity index (χ2v) is 9.13. The molecule has 1 unspecified atom stereocenters. The minimum atomic E-state index is 0. The highest BCUT2D eigenvalue weighted by Gasteiger charge is 2.27. The number of rotatable bonds is 4. The van der Waals surface area contributed by atoms with Gasteiger partial charge in [-0.25, -0.2) is 0 Å². The second-order valence-electron chi connectivity index (χ2n) is 7.82. The molecule has 0 saturated heterocycles. The molecule has 4 heteroatoms. The number of thiophene rings is 1. The molecule has 0 aliphatic heterocycles. The van der Waals surface area contributed by atoms with Gasteiger partial charge >= 0.3 is 0 Å². The van der Waals surface area contributed by atoms with E-state index in [1.54, 1.807) is 6.92 Å². The van der Waals surface area contributed by atoms with Crippen molar-refractivity contribution >= 4 is 23.0 Å². The summed E-state index contributed by atoms with van der Waals surface area (Å²) in [6.45, 7) is 6.93. The van der Waals surface area contributed by atoms with E-state index in [0.29, 0.717) is 11.7 Å². The monoisotopic (exact) mass is 351 g/mol. The first-order valence-corrected chi connectivity index (χ1v) is 10.2. The molecule has 1 aromatic heterocycles. The molecule has 3 aliphatic carbocycles. The molecule has 2 saturated carbocycles. The van der Waals surface area contributed by atoms with E-state index in [4.69, 9.17) is 0 Å². The molecule has 3 nitrogen and oxygen atoms in total. The predicted octanol–water partition coefficient (Wildman–Crippen LogP) is 4.80. The minimum Gasteiger partial charge on any atom is -0.352 e. The number of carbonyl (C=O) groups excluding carboxylic acids is 2. The van der Waals surface area contributed by atoms with Crippen LogP contribution in [0.1, 0.15) is 74.5 Å². The fourth-order valence-electron chi connectivity index (χ4n) is 3.33. The Morgan fingerprint density at radius 3 is 2.46 bits per heavy atom. The normalized spacial score (nSPS) is 22.2. The smallest absolute Gasteiger partial charge is 0.252 e. The molecular formula is C20H33NO2S. The van der Waals surface area contributed by atoms with E-state index in [9.17, 15) is 9.59 Å². The molecule has 1 amide bonds. The molecule has 2 fully saturated rings. The SMILES string of the molecule is CC(=O)C1CC1.Cc1sc2c(c1C(=O)NCC1CC1)CC(C)CC2.[HH].[HH]. The zero-order chi connectivity index (χ0) is 17.3. The number of nitrogens with one attached hydrogen (secondary N) is 1. The van der Waals surface area contributed by atoms with Crippen molar-refractivity contribution in [2.24, 2.45) is 17.8 Å². The van der Waals surface area contributed by atoms with Crippen molar-refractivity contribution in [3.05, 3.63) is 20.9 Å². The zero-order valence-electron chi connectivity index (χ0n) is 15.1. The average molecular weight is 352 g/mol. The van der Waals surface area contributed by atoms with Crippen LogP contribution in [0.2, 0.25) is 0 Å². The van der Waals surface area contributed by atoms with Crippen molar-refractivity contribution in [3.8, 4) is 0 Å². The van der Waals surface area contributed by atoms with Crippen LogP contribution < -0.4 is 5.32 Å². The maximum Gasteiger partial charge on any atom is 0.252 e. The van der Waals surface area contributed by atoms with Gasteiger partial charge in [0.05, 0.1) is 5.56 Å². The van der Waals surface area contributed by atoms with E-state index in [2.05, 4.69) is 19.2 Å². The number of ketones is 1. The van der Waals surface area contributed by atoms with Gasteiger partial charge in [0, 0.05) is 25.1 Å². The van der Waals surface area contributed by atoms with Crippen LogP contribution in [0, 0.1) is 24.7 Å². The van der Waals surface area contributed by atoms with E-state index < -0.39 is 0 Å². The largest absolute Gasteiger partial charge is 0.352 e. The van der Waals surface area contributed by atoms with Crippen LogP contribution in [0.15, 0.2) is 0 Å². The molecule has 1 atom stereocenters. The maximum atomic E-state index is 12.3. The standard InChI is InChI=1S/C15H21NOS.C5H8O.2H2/c1-9-3-6-13-12(7-9)14(10(2)18-13)15(17)16-8-11-4-5-11;1-4(6)5-2-3-5;;/h9,11H,3-8H2,1-2H3,(H,16,17);5H,2-3H2,1H3;2*1H. The molecule has 136 valence electrons. The zero-order valence-corrected chi connectivity index (χ0v) is 15.9. The Kier molecular flexibility index (Phi) is 5.43. The van der Waals surface area contributed by atoms with Crippen molar-refractivity contribution in [1.29, 1.82) is 0 Å². The lowest BCUT2D eigenvalue weighted by atomic mass is 9.87. The Labute approximate surface area is 152 Å². The third-order valence-corrected chi connectivity index (χ3v) is 6.52. The Balaban J connectivity index is 0.000000364. The van der Waals surface area contributed by atoms with Crippen LogP contribution >= 0.6 is 11.3 Å². The third kappa shape index (κ3) is 4.47. The maximum absolute atomic E-state index is 12.3. The fraction of sp³-hybridized carbons (Fsp3) is 0.700. The highest BCUT2D eigenvalue weighted by atomic mass is 32.1. The first kappa shape index (κ1) is 17.7. The predicted molar refractivity (Wildman–Crippen MR) is 103 cm³/mol. The Bertz CT molecular complexity index is 636.